The molecular formula is C22H16ClF5N4O5. The van der Waals surface area contributed by atoms with Gasteiger partial charge in [-0.25, -0.2) is 18.4 Å². The van der Waals surface area contributed by atoms with Gasteiger partial charge in [0.25, 0.3) is 5.91 Å². The van der Waals surface area contributed by atoms with Gasteiger partial charge in [0.15, 0.2) is 6.10 Å². The van der Waals surface area contributed by atoms with Gasteiger partial charge in [0.2, 0.25) is 5.82 Å². The van der Waals surface area contributed by atoms with Gasteiger partial charge in [-0.3, -0.25) is 9.36 Å². The lowest BCUT2D eigenvalue weighted by molar-refractivity contribution is -0.189. The predicted molar refractivity (Wildman–Crippen MR) is 120 cm³/mol. The number of nitrogens with zero attached hydrogens (tertiary/aromatic N) is 3. The minimum atomic E-state index is -4.92. The second-order valence-corrected chi connectivity index (χ2v) is 7.78. The lowest BCUT2D eigenvalue weighted by Gasteiger charge is -2.20. The molecule has 37 heavy (non-hydrogen) atoms. The molecule has 3 rings (SSSR count). The van der Waals surface area contributed by atoms with Crippen molar-refractivity contribution in [3.05, 3.63) is 81.5 Å². The van der Waals surface area contributed by atoms with Gasteiger partial charge in [-0.1, -0.05) is 23.7 Å². The highest BCUT2D eigenvalue weighted by Crippen LogP contribution is 2.32. The number of ether oxygens (including phenoxy) is 1. The standard InChI is InChI=1S/C22H16ClF5N4O5/c1-3-7-31-18(20(34)35)30-32(21(31)36)15-9-16(37-10(2)22(26,27)28)11(8-14(15)25)19(33)29-17-12(23)5-4-6-13(17)24/h3-6,8-10H,1,7H2,2H3,(H,29,33)(H,34,35)/t10-/m0/s1. The molecule has 1 aromatic heterocycles. The van der Waals surface area contributed by atoms with Crippen LogP contribution in [-0.4, -0.2) is 43.6 Å². The Kier molecular flexibility index (Phi) is 7.71. The van der Waals surface area contributed by atoms with Crippen molar-refractivity contribution in [3.63, 3.8) is 0 Å². The number of alkyl halides is 3. The number of carbonyl (C=O) groups excluding carboxylic acids is 1. The molecule has 3 aromatic rings. The van der Waals surface area contributed by atoms with E-state index in [4.69, 9.17) is 16.3 Å². The van der Waals surface area contributed by atoms with Crippen molar-refractivity contribution in [2.24, 2.45) is 0 Å². The SMILES string of the molecule is C=CCn1c(C(=O)O)nn(-c2cc(O[C@@H](C)C(F)(F)F)c(C(=O)Nc3c(F)cccc3Cl)cc2F)c1=O. The summed E-state index contributed by atoms with van der Waals surface area (Å²) in [5.74, 6) is -6.97. The van der Waals surface area contributed by atoms with E-state index in [-0.39, 0.29) is 16.2 Å². The summed E-state index contributed by atoms with van der Waals surface area (Å²) in [6.45, 7) is 3.64. The maximum atomic E-state index is 15.1. The molecule has 0 aliphatic carbocycles. The number of anilines is 1. The molecule has 2 N–H and O–H groups in total. The van der Waals surface area contributed by atoms with Gasteiger partial charge in [0, 0.05) is 12.6 Å². The number of amides is 1. The molecule has 0 aliphatic rings. The van der Waals surface area contributed by atoms with Crippen LogP contribution in [0.5, 0.6) is 5.75 Å². The third-order valence-corrected chi connectivity index (χ3v) is 5.17. The molecule has 0 bridgehead atoms. The summed E-state index contributed by atoms with van der Waals surface area (Å²) in [6, 6.07) is 4.39. The summed E-state index contributed by atoms with van der Waals surface area (Å²) in [5, 5.41) is 14.6. The molecule has 0 spiro atoms. The first-order valence-corrected chi connectivity index (χ1v) is 10.5. The van der Waals surface area contributed by atoms with Crippen LogP contribution in [0.1, 0.15) is 27.9 Å². The van der Waals surface area contributed by atoms with Crippen molar-refractivity contribution < 1.29 is 41.4 Å². The van der Waals surface area contributed by atoms with Gasteiger partial charge in [-0.05, 0) is 25.1 Å². The van der Waals surface area contributed by atoms with E-state index in [0.29, 0.717) is 23.6 Å². The van der Waals surface area contributed by atoms with Crippen LogP contribution in [-0.2, 0) is 6.54 Å². The normalized spacial score (nSPS) is 12.2. The van der Waals surface area contributed by atoms with Crippen LogP contribution in [0.25, 0.3) is 5.69 Å². The summed E-state index contributed by atoms with van der Waals surface area (Å²) >= 11 is 5.85. The van der Waals surface area contributed by atoms with Crippen molar-refractivity contribution >= 4 is 29.2 Å². The zero-order chi connectivity index (χ0) is 27.7. The first-order valence-electron chi connectivity index (χ1n) is 10.1. The fraction of sp³-hybridized carbons (Fsp3) is 0.182. The zero-order valence-corrected chi connectivity index (χ0v) is 19.4. The average molecular weight is 547 g/mol. The zero-order valence-electron chi connectivity index (χ0n) is 18.6. The molecule has 1 heterocycles. The lowest BCUT2D eigenvalue weighted by atomic mass is 10.1. The van der Waals surface area contributed by atoms with E-state index >= 15 is 4.39 Å². The van der Waals surface area contributed by atoms with Crippen LogP contribution >= 0.6 is 11.6 Å². The maximum absolute atomic E-state index is 15.1. The Morgan fingerprint density at radius 1 is 1.27 bits per heavy atom. The smallest absolute Gasteiger partial charge is 0.425 e. The van der Waals surface area contributed by atoms with Crippen LogP contribution in [0.15, 0.2) is 47.8 Å². The first kappa shape index (κ1) is 27.4. The molecule has 2 aromatic carbocycles. The molecule has 0 unspecified atom stereocenters. The quantitative estimate of drug-likeness (QED) is 0.319. The Balaban J connectivity index is 2.19. The van der Waals surface area contributed by atoms with Crippen LogP contribution in [0.2, 0.25) is 5.02 Å². The van der Waals surface area contributed by atoms with Crippen LogP contribution in [0.4, 0.5) is 27.6 Å². The Bertz CT molecular complexity index is 1430. The molecule has 0 saturated carbocycles. The number of rotatable bonds is 8. The number of aromatic nitrogens is 3. The summed E-state index contributed by atoms with van der Waals surface area (Å²) in [4.78, 5) is 37.0. The van der Waals surface area contributed by atoms with Crippen LogP contribution in [0, 0.1) is 11.6 Å². The predicted octanol–water partition coefficient (Wildman–Crippen LogP) is 4.43. The molecule has 1 atom stereocenters. The molecule has 0 aliphatic heterocycles. The number of carbonyl (C=O) groups is 2. The van der Waals surface area contributed by atoms with Crippen molar-refractivity contribution in [2.75, 3.05) is 5.32 Å². The summed E-state index contributed by atoms with van der Waals surface area (Å²) < 4.78 is 74.6. The lowest BCUT2D eigenvalue weighted by Crippen LogP contribution is -2.32. The fourth-order valence-electron chi connectivity index (χ4n) is 3.04. The minimum Gasteiger partial charge on any atom is -0.480 e. The summed E-state index contributed by atoms with van der Waals surface area (Å²) in [6.07, 6.45) is -6.27. The number of nitrogens with one attached hydrogen (secondary N) is 1. The Labute approximate surface area is 209 Å². The van der Waals surface area contributed by atoms with E-state index in [2.05, 4.69) is 11.7 Å². The van der Waals surface area contributed by atoms with E-state index in [9.17, 15) is 37.1 Å². The molecule has 9 nitrogen and oxygen atoms in total. The van der Waals surface area contributed by atoms with Crippen LogP contribution < -0.4 is 15.7 Å². The molecule has 196 valence electrons. The minimum absolute atomic E-state index is 0.253. The van der Waals surface area contributed by atoms with Gasteiger partial charge in [0.05, 0.1) is 16.3 Å². The van der Waals surface area contributed by atoms with Crippen molar-refractivity contribution in [3.8, 4) is 11.4 Å². The van der Waals surface area contributed by atoms with E-state index in [0.717, 1.165) is 12.1 Å². The number of para-hydroxylation sites is 1. The number of hydrogen-bond donors (Lipinski definition) is 2. The Morgan fingerprint density at radius 3 is 2.51 bits per heavy atom. The molecule has 0 radical (unpaired) electrons. The van der Waals surface area contributed by atoms with E-state index < -0.39 is 70.0 Å². The highest BCUT2D eigenvalue weighted by molar-refractivity contribution is 6.34. The molecule has 1 amide bonds. The van der Waals surface area contributed by atoms with Crippen molar-refractivity contribution in [1.29, 1.82) is 0 Å². The van der Waals surface area contributed by atoms with Crippen molar-refractivity contribution in [1.82, 2.24) is 14.3 Å². The van der Waals surface area contributed by atoms with Gasteiger partial charge < -0.3 is 15.2 Å². The molecule has 15 heteroatoms. The number of halogens is 6. The summed E-state index contributed by atoms with van der Waals surface area (Å²) in [7, 11) is 0. The largest absolute Gasteiger partial charge is 0.480 e. The number of carboxylic acids is 1. The number of carboxylic acid groups (broad SMARTS) is 1. The first-order chi connectivity index (χ1) is 17.3. The van der Waals surface area contributed by atoms with E-state index in [1.54, 1.807) is 0 Å². The van der Waals surface area contributed by atoms with Crippen LogP contribution in [0.3, 0.4) is 0 Å². The number of hydrogen-bond acceptors (Lipinski definition) is 5. The van der Waals surface area contributed by atoms with Gasteiger partial charge in [0.1, 0.15) is 23.1 Å². The number of aromatic carboxylic acids is 1. The summed E-state index contributed by atoms with van der Waals surface area (Å²) in [5.41, 5.74) is -3.32. The van der Waals surface area contributed by atoms with E-state index in [1.807, 2.05) is 5.32 Å². The Hall–Kier alpha value is -4.20. The molecular weight excluding hydrogens is 531 g/mol. The van der Waals surface area contributed by atoms with Gasteiger partial charge >= 0.3 is 17.8 Å². The van der Waals surface area contributed by atoms with Gasteiger partial charge in [-0.2, -0.15) is 17.9 Å². The second-order valence-electron chi connectivity index (χ2n) is 7.37. The highest BCUT2D eigenvalue weighted by atomic mass is 35.5. The molecule has 0 fully saturated rings. The fourth-order valence-corrected chi connectivity index (χ4v) is 3.25. The monoisotopic (exact) mass is 546 g/mol. The maximum Gasteiger partial charge on any atom is 0.425 e. The highest BCUT2D eigenvalue weighted by Gasteiger charge is 2.39. The van der Waals surface area contributed by atoms with Gasteiger partial charge in [-0.15, -0.1) is 11.7 Å². The number of allylic oxidation sites excluding steroid dienone is 1. The Morgan fingerprint density at radius 2 is 1.95 bits per heavy atom. The molecule has 0 saturated heterocycles. The number of benzene rings is 2. The third kappa shape index (κ3) is 5.63. The van der Waals surface area contributed by atoms with Crippen molar-refractivity contribution in [2.45, 2.75) is 25.7 Å². The average Bonchev–Trinajstić information content (AvgIpc) is 3.13. The topological polar surface area (TPSA) is 115 Å². The second kappa shape index (κ2) is 10.4. The third-order valence-electron chi connectivity index (χ3n) is 4.85. The van der Waals surface area contributed by atoms with E-state index in [1.165, 1.54) is 12.1 Å².